The Morgan fingerprint density at radius 1 is 1.25 bits per heavy atom. The van der Waals surface area contributed by atoms with Crippen molar-refractivity contribution >= 4 is 15.8 Å². The average Bonchev–Trinajstić information content (AvgIpc) is 2.48. The highest BCUT2D eigenvalue weighted by Crippen LogP contribution is 2.19. The summed E-state index contributed by atoms with van der Waals surface area (Å²) in [4.78, 5) is 4.61. The molecule has 1 aromatic rings. The Labute approximate surface area is 146 Å². The van der Waals surface area contributed by atoms with Crippen molar-refractivity contribution < 1.29 is 8.42 Å². The van der Waals surface area contributed by atoms with Crippen LogP contribution >= 0.6 is 0 Å². The Kier molecular flexibility index (Phi) is 7.73. The lowest BCUT2D eigenvalue weighted by Gasteiger charge is -2.25. The predicted molar refractivity (Wildman–Crippen MR) is 102 cm³/mol. The van der Waals surface area contributed by atoms with Crippen molar-refractivity contribution in [3.8, 4) is 0 Å². The molecule has 24 heavy (non-hydrogen) atoms. The van der Waals surface area contributed by atoms with Gasteiger partial charge in [-0.15, -0.1) is 0 Å². The van der Waals surface area contributed by atoms with Crippen molar-refractivity contribution in [1.29, 1.82) is 0 Å². The van der Waals surface area contributed by atoms with Crippen LogP contribution in [0.1, 0.15) is 38.3 Å². The minimum atomic E-state index is -2.93. The zero-order valence-electron chi connectivity index (χ0n) is 15.5. The van der Waals surface area contributed by atoms with E-state index in [0.29, 0.717) is 19.5 Å². The number of benzene rings is 1. The number of nitrogens with one attached hydrogen (secondary N) is 2. The SMILES string of the molecule is CCNC(=NCc1cccc(C)c1)NCC(C)(C)CCS(C)(=O)=O. The summed E-state index contributed by atoms with van der Waals surface area (Å²) in [5, 5.41) is 6.56. The molecule has 5 nitrogen and oxygen atoms in total. The molecule has 1 rings (SSSR count). The summed E-state index contributed by atoms with van der Waals surface area (Å²) in [7, 11) is -2.93. The van der Waals surface area contributed by atoms with Crippen LogP contribution in [-0.2, 0) is 16.4 Å². The first-order valence-corrected chi connectivity index (χ1v) is 10.4. The van der Waals surface area contributed by atoms with Gasteiger partial charge in [-0.1, -0.05) is 43.7 Å². The fraction of sp³-hybridized carbons (Fsp3) is 0.611. The normalized spacial score (nSPS) is 13.0. The van der Waals surface area contributed by atoms with E-state index in [1.165, 1.54) is 17.4 Å². The topological polar surface area (TPSA) is 70.6 Å². The molecule has 6 heteroatoms. The third-order valence-electron chi connectivity index (χ3n) is 3.73. The summed E-state index contributed by atoms with van der Waals surface area (Å²) in [5.41, 5.74) is 2.27. The molecule has 0 saturated carbocycles. The van der Waals surface area contributed by atoms with E-state index >= 15 is 0 Å². The van der Waals surface area contributed by atoms with Crippen LogP contribution < -0.4 is 10.6 Å². The fourth-order valence-electron chi connectivity index (χ4n) is 2.20. The van der Waals surface area contributed by atoms with Crippen molar-refractivity contribution in [2.75, 3.05) is 25.1 Å². The van der Waals surface area contributed by atoms with E-state index in [9.17, 15) is 8.42 Å². The first kappa shape index (κ1) is 20.5. The van der Waals surface area contributed by atoms with Gasteiger partial charge < -0.3 is 10.6 Å². The molecular formula is C18H31N3O2S. The molecule has 0 radical (unpaired) electrons. The van der Waals surface area contributed by atoms with Crippen molar-refractivity contribution in [3.05, 3.63) is 35.4 Å². The molecule has 0 aliphatic carbocycles. The van der Waals surface area contributed by atoms with Crippen molar-refractivity contribution in [3.63, 3.8) is 0 Å². The quantitative estimate of drug-likeness (QED) is 0.556. The maximum atomic E-state index is 11.3. The molecular weight excluding hydrogens is 322 g/mol. The number of hydrogen-bond acceptors (Lipinski definition) is 3. The molecule has 0 heterocycles. The van der Waals surface area contributed by atoms with E-state index in [0.717, 1.165) is 12.5 Å². The predicted octanol–water partition coefficient (Wildman–Crippen LogP) is 2.51. The van der Waals surface area contributed by atoms with E-state index in [4.69, 9.17) is 0 Å². The van der Waals surface area contributed by atoms with Crippen molar-refractivity contribution in [2.24, 2.45) is 10.4 Å². The summed E-state index contributed by atoms with van der Waals surface area (Å²) in [6, 6.07) is 8.30. The van der Waals surface area contributed by atoms with Gasteiger partial charge >= 0.3 is 0 Å². The Morgan fingerprint density at radius 3 is 2.54 bits per heavy atom. The Bertz CT molecular complexity index is 652. The second kappa shape index (κ2) is 9.06. The Morgan fingerprint density at radius 2 is 1.96 bits per heavy atom. The molecule has 2 N–H and O–H groups in total. The van der Waals surface area contributed by atoms with Crippen LogP contribution in [0, 0.1) is 12.3 Å². The second-order valence-electron chi connectivity index (χ2n) is 7.08. The molecule has 0 spiro atoms. The minimum Gasteiger partial charge on any atom is -0.357 e. The minimum absolute atomic E-state index is 0.122. The molecule has 0 unspecified atom stereocenters. The number of nitrogens with zero attached hydrogens (tertiary/aromatic N) is 1. The lowest BCUT2D eigenvalue weighted by atomic mass is 9.90. The van der Waals surface area contributed by atoms with Crippen LogP contribution in [0.4, 0.5) is 0 Å². The van der Waals surface area contributed by atoms with Gasteiger partial charge in [0.25, 0.3) is 0 Å². The average molecular weight is 354 g/mol. The van der Waals surface area contributed by atoms with E-state index in [1.807, 2.05) is 13.0 Å². The van der Waals surface area contributed by atoms with Crippen LogP contribution in [0.15, 0.2) is 29.3 Å². The number of hydrogen-bond donors (Lipinski definition) is 2. The van der Waals surface area contributed by atoms with Gasteiger partial charge in [-0.05, 0) is 31.2 Å². The lowest BCUT2D eigenvalue weighted by Crippen LogP contribution is -2.42. The summed E-state index contributed by atoms with van der Waals surface area (Å²) >= 11 is 0. The summed E-state index contributed by atoms with van der Waals surface area (Å²) in [6.45, 7) is 10.3. The van der Waals surface area contributed by atoms with Gasteiger partial charge in [0.1, 0.15) is 9.84 Å². The standard InChI is InChI=1S/C18H31N3O2S/c1-6-19-17(20-13-16-9-7-8-15(2)12-16)21-14-18(3,4)10-11-24(5,22)23/h7-9,12H,6,10-11,13-14H2,1-5H3,(H2,19,20,21). The van der Waals surface area contributed by atoms with E-state index < -0.39 is 9.84 Å². The molecule has 0 aliphatic rings. The number of sulfone groups is 1. The van der Waals surface area contributed by atoms with Gasteiger partial charge in [0.05, 0.1) is 12.3 Å². The summed E-state index contributed by atoms with van der Waals surface area (Å²) in [6.07, 6.45) is 1.90. The highest BCUT2D eigenvalue weighted by molar-refractivity contribution is 7.90. The van der Waals surface area contributed by atoms with Gasteiger partial charge in [0.2, 0.25) is 0 Å². The third-order valence-corrected chi connectivity index (χ3v) is 4.68. The van der Waals surface area contributed by atoms with Gasteiger partial charge in [-0.3, -0.25) is 0 Å². The molecule has 0 atom stereocenters. The number of rotatable bonds is 8. The monoisotopic (exact) mass is 353 g/mol. The van der Waals surface area contributed by atoms with Crippen LogP contribution in [0.5, 0.6) is 0 Å². The second-order valence-corrected chi connectivity index (χ2v) is 9.34. The maximum Gasteiger partial charge on any atom is 0.191 e. The first-order chi connectivity index (χ1) is 11.1. The molecule has 0 aliphatic heterocycles. The maximum absolute atomic E-state index is 11.3. The van der Waals surface area contributed by atoms with E-state index in [-0.39, 0.29) is 11.2 Å². The highest BCUT2D eigenvalue weighted by atomic mass is 32.2. The molecule has 136 valence electrons. The zero-order valence-corrected chi connectivity index (χ0v) is 16.3. The third kappa shape index (κ3) is 8.91. The molecule has 1 aromatic carbocycles. The molecule has 0 fully saturated rings. The van der Waals surface area contributed by atoms with Gasteiger partial charge in [-0.25, -0.2) is 13.4 Å². The first-order valence-electron chi connectivity index (χ1n) is 8.37. The van der Waals surface area contributed by atoms with E-state index in [1.54, 1.807) is 0 Å². The Hall–Kier alpha value is -1.56. The van der Waals surface area contributed by atoms with Crippen LogP contribution in [0.3, 0.4) is 0 Å². The molecule has 0 bridgehead atoms. The molecule has 0 saturated heterocycles. The Balaban J connectivity index is 2.63. The summed E-state index contributed by atoms with van der Waals surface area (Å²) in [5.74, 6) is 0.963. The van der Waals surface area contributed by atoms with Gasteiger partial charge in [-0.2, -0.15) is 0 Å². The fourth-order valence-corrected chi connectivity index (χ4v) is 3.12. The van der Waals surface area contributed by atoms with Crippen molar-refractivity contribution in [1.82, 2.24) is 10.6 Å². The largest absolute Gasteiger partial charge is 0.357 e. The van der Waals surface area contributed by atoms with Crippen LogP contribution in [0.25, 0.3) is 0 Å². The van der Waals surface area contributed by atoms with E-state index in [2.05, 4.69) is 54.6 Å². The highest BCUT2D eigenvalue weighted by Gasteiger charge is 2.20. The van der Waals surface area contributed by atoms with Gasteiger partial charge in [0, 0.05) is 19.3 Å². The smallest absolute Gasteiger partial charge is 0.191 e. The van der Waals surface area contributed by atoms with Crippen LogP contribution in [-0.4, -0.2) is 39.5 Å². The number of aryl methyl sites for hydroxylation is 1. The molecule has 0 aromatic heterocycles. The summed E-state index contributed by atoms with van der Waals surface area (Å²) < 4.78 is 22.7. The van der Waals surface area contributed by atoms with Crippen molar-refractivity contribution in [2.45, 2.75) is 40.7 Å². The van der Waals surface area contributed by atoms with Crippen LogP contribution in [0.2, 0.25) is 0 Å². The number of guanidine groups is 1. The zero-order chi connectivity index (χ0) is 18.2. The number of aliphatic imine (C=N–C) groups is 1. The molecule has 0 amide bonds. The van der Waals surface area contributed by atoms with Gasteiger partial charge in [0.15, 0.2) is 5.96 Å². The lowest BCUT2D eigenvalue weighted by molar-refractivity contribution is 0.348.